The highest BCUT2D eigenvalue weighted by atomic mass is 35.5. The summed E-state index contributed by atoms with van der Waals surface area (Å²) < 4.78 is 38.4. The summed E-state index contributed by atoms with van der Waals surface area (Å²) >= 11 is 6.08. The zero-order valence-electron chi connectivity index (χ0n) is 11.7. The topological polar surface area (TPSA) is 15.3 Å². The Kier molecular flexibility index (Phi) is 8.80. The first-order valence-corrected chi connectivity index (χ1v) is 6.75. The Hall–Kier alpha value is -0.460. The Labute approximate surface area is 145 Å². The van der Waals surface area contributed by atoms with Crippen molar-refractivity contribution in [3.8, 4) is 0 Å². The van der Waals surface area contributed by atoms with Gasteiger partial charge in [0.2, 0.25) is 0 Å². The normalized spacial score (nSPS) is 17.1. The number of alkyl halides is 3. The van der Waals surface area contributed by atoms with Crippen LogP contribution in [0.15, 0.2) is 30.9 Å². The van der Waals surface area contributed by atoms with Crippen molar-refractivity contribution in [3.63, 3.8) is 0 Å². The van der Waals surface area contributed by atoms with Crippen LogP contribution in [0.1, 0.15) is 17.2 Å². The molecular weight excluding hydrogens is 360 g/mol. The first kappa shape index (κ1) is 21.5. The van der Waals surface area contributed by atoms with E-state index in [1.807, 2.05) is 0 Å². The molecule has 0 aromatic heterocycles. The second-order valence-electron chi connectivity index (χ2n) is 4.70. The lowest BCUT2D eigenvalue weighted by Gasteiger charge is -2.34. The highest BCUT2D eigenvalue weighted by molar-refractivity contribution is 6.31. The molecular formula is C14H18Cl3F3N2. The van der Waals surface area contributed by atoms with Crippen LogP contribution in [0.5, 0.6) is 0 Å². The highest BCUT2D eigenvalue weighted by Crippen LogP contribution is 2.35. The van der Waals surface area contributed by atoms with E-state index in [2.05, 4.69) is 16.8 Å². The summed E-state index contributed by atoms with van der Waals surface area (Å²) in [5, 5.41) is 3.54. The van der Waals surface area contributed by atoms with Crippen molar-refractivity contribution >= 4 is 36.4 Å². The van der Waals surface area contributed by atoms with Crippen LogP contribution in [0, 0.1) is 0 Å². The summed E-state index contributed by atoms with van der Waals surface area (Å²) in [5.74, 6) is 0. The third-order valence-corrected chi connectivity index (χ3v) is 3.75. The van der Waals surface area contributed by atoms with E-state index in [0.717, 1.165) is 38.3 Å². The fourth-order valence-electron chi connectivity index (χ4n) is 2.38. The number of hydrogen-bond acceptors (Lipinski definition) is 2. The molecule has 1 heterocycles. The van der Waals surface area contributed by atoms with Crippen LogP contribution in [-0.4, -0.2) is 31.1 Å². The first-order valence-electron chi connectivity index (χ1n) is 6.37. The van der Waals surface area contributed by atoms with Gasteiger partial charge in [-0.3, -0.25) is 4.90 Å². The Bertz CT molecular complexity index is 489. The fraction of sp³-hybridized carbons (Fsp3) is 0.429. The molecule has 0 radical (unpaired) electrons. The lowest BCUT2D eigenvalue weighted by molar-refractivity contribution is -0.137. The first-order chi connectivity index (χ1) is 9.43. The molecule has 0 aliphatic carbocycles. The highest BCUT2D eigenvalue weighted by Gasteiger charge is 2.32. The Morgan fingerprint density at radius 3 is 2.32 bits per heavy atom. The quantitative estimate of drug-likeness (QED) is 0.789. The van der Waals surface area contributed by atoms with E-state index < -0.39 is 11.7 Å². The third kappa shape index (κ3) is 5.03. The molecule has 2 nitrogen and oxygen atoms in total. The standard InChI is InChI=1S/C14H16ClF3N2.2ClH/c1-2-13(20-7-5-19-6-8-20)11-9-10(14(16,17)18)3-4-12(11)15;;/h2-4,9,13,19H,1,5-8H2;2*1H/t13-;;/m0../s1. The number of piperazine rings is 1. The predicted molar refractivity (Wildman–Crippen MR) is 88.3 cm³/mol. The van der Waals surface area contributed by atoms with Gasteiger partial charge in [0.05, 0.1) is 11.6 Å². The van der Waals surface area contributed by atoms with Crippen molar-refractivity contribution in [1.29, 1.82) is 0 Å². The van der Waals surface area contributed by atoms with Crippen LogP contribution in [0.3, 0.4) is 0 Å². The minimum absolute atomic E-state index is 0. The van der Waals surface area contributed by atoms with E-state index in [0.29, 0.717) is 10.6 Å². The molecule has 1 saturated heterocycles. The second kappa shape index (κ2) is 8.99. The maximum absolute atomic E-state index is 12.8. The van der Waals surface area contributed by atoms with Crippen LogP contribution in [-0.2, 0) is 6.18 Å². The summed E-state index contributed by atoms with van der Waals surface area (Å²) in [7, 11) is 0. The van der Waals surface area contributed by atoms with Gasteiger partial charge >= 0.3 is 6.18 Å². The molecule has 22 heavy (non-hydrogen) atoms. The van der Waals surface area contributed by atoms with Gasteiger partial charge in [-0.2, -0.15) is 13.2 Å². The number of halogens is 6. The van der Waals surface area contributed by atoms with Gasteiger partial charge in [0.1, 0.15) is 0 Å². The molecule has 0 bridgehead atoms. The van der Waals surface area contributed by atoms with Crippen LogP contribution >= 0.6 is 36.4 Å². The lowest BCUT2D eigenvalue weighted by atomic mass is 10.0. The molecule has 1 N–H and O–H groups in total. The van der Waals surface area contributed by atoms with E-state index in [1.165, 1.54) is 6.07 Å². The van der Waals surface area contributed by atoms with Crippen molar-refractivity contribution < 1.29 is 13.2 Å². The largest absolute Gasteiger partial charge is 0.416 e. The summed E-state index contributed by atoms with van der Waals surface area (Å²) in [6.07, 6.45) is -2.72. The molecule has 1 aromatic carbocycles. The minimum Gasteiger partial charge on any atom is -0.314 e. The molecule has 1 aliphatic rings. The molecule has 2 rings (SSSR count). The van der Waals surface area contributed by atoms with Crippen LogP contribution in [0.4, 0.5) is 13.2 Å². The van der Waals surface area contributed by atoms with Gasteiger partial charge in [-0.25, -0.2) is 0 Å². The molecule has 1 aliphatic heterocycles. The molecule has 0 unspecified atom stereocenters. The van der Waals surface area contributed by atoms with Crippen molar-refractivity contribution in [2.45, 2.75) is 12.2 Å². The van der Waals surface area contributed by atoms with Gasteiger partial charge in [-0.1, -0.05) is 17.7 Å². The Balaban J connectivity index is 0.00000220. The molecule has 126 valence electrons. The number of nitrogens with one attached hydrogen (secondary N) is 1. The molecule has 0 amide bonds. The summed E-state index contributed by atoms with van der Waals surface area (Å²) in [4.78, 5) is 2.07. The molecule has 0 saturated carbocycles. The Morgan fingerprint density at radius 1 is 1.23 bits per heavy atom. The average molecular weight is 378 g/mol. The average Bonchev–Trinajstić information content (AvgIpc) is 2.41. The van der Waals surface area contributed by atoms with E-state index in [9.17, 15) is 13.2 Å². The van der Waals surface area contributed by atoms with Gasteiger partial charge in [0.25, 0.3) is 0 Å². The number of hydrogen-bond donors (Lipinski definition) is 1. The summed E-state index contributed by atoms with van der Waals surface area (Å²) in [6, 6.07) is 3.13. The smallest absolute Gasteiger partial charge is 0.314 e. The monoisotopic (exact) mass is 376 g/mol. The van der Waals surface area contributed by atoms with Gasteiger partial charge in [0.15, 0.2) is 0 Å². The van der Waals surface area contributed by atoms with Gasteiger partial charge in [-0.15, -0.1) is 31.4 Å². The minimum atomic E-state index is -4.37. The molecule has 8 heteroatoms. The van der Waals surface area contributed by atoms with Gasteiger partial charge in [-0.05, 0) is 23.8 Å². The van der Waals surface area contributed by atoms with Crippen LogP contribution in [0.25, 0.3) is 0 Å². The molecule has 0 spiro atoms. The molecule has 1 atom stereocenters. The Morgan fingerprint density at radius 2 is 1.82 bits per heavy atom. The van der Waals surface area contributed by atoms with Gasteiger partial charge < -0.3 is 5.32 Å². The third-order valence-electron chi connectivity index (χ3n) is 3.41. The molecule has 1 fully saturated rings. The van der Waals surface area contributed by atoms with Crippen molar-refractivity contribution in [3.05, 3.63) is 47.0 Å². The number of rotatable bonds is 3. The second-order valence-corrected chi connectivity index (χ2v) is 5.11. The zero-order chi connectivity index (χ0) is 14.8. The van der Waals surface area contributed by atoms with Gasteiger partial charge in [0, 0.05) is 31.2 Å². The van der Waals surface area contributed by atoms with E-state index in [4.69, 9.17) is 11.6 Å². The zero-order valence-corrected chi connectivity index (χ0v) is 14.1. The fourth-order valence-corrected chi connectivity index (χ4v) is 2.61. The summed E-state index contributed by atoms with van der Waals surface area (Å²) in [5.41, 5.74) is -0.225. The number of nitrogens with zero attached hydrogens (tertiary/aromatic N) is 1. The van der Waals surface area contributed by atoms with Crippen molar-refractivity contribution in [1.82, 2.24) is 10.2 Å². The SMILES string of the molecule is C=C[C@@H](c1cc(C(F)(F)F)ccc1Cl)N1CCNCC1.Cl.Cl. The van der Waals surface area contributed by atoms with E-state index in [-0.39, 0.29) is 30.9 Å². The maximum atomic E-state index is 12.8. The number of benzene rings is 1. The summed E-state index contributed by atoms with van der Waals surface area (Å²) in [6.45, 7) is 6.86. The lowest BCUT2D eigenvalue weighted by Crippen LogP contribution is -2.44. The van der Waals surface area contributed by atoms with E-state index >= 15 is 0 Å². The predicted octanol–water partition coefficient (Wildman–Crippen LogP) is 4.33. The van der Waals surface area contributed by atoms with Crippen molar-refractivity contribution in [2.24, 2.45) is 0 Å². The molecule has 1 aromatic rings. The van der Waals surface area contributed by atoms with Crippen molar-refractivity contribution in [2.75, 3.05) is 26.2 Å². The maximum Gasteiger partial charge on any atom is 0.416 e. The van der Waals surface area contributed by atoms with Crippen LogP contribution in [0.2, 0.25) is 5.02 Å². The van der Waals surface area contributed by atoms with E-state index in [1.54, 1.807) is 6.08 Å². The van der Waals surface area contributed by atoms with Crippen LogP contribution < -0.4 is 5.32 Å².